The first-order chi connectivity index (χ1) is 14.9. The summed E-state index contributed by atoms with van der Waals surface area (Å²) >= 11 is 0. The number of likely N-dealkylation sites (tertiary alicyclic amines) is 1. The number of carbonyl (C=O) groups is 4. The van der Waals surface area contributed by atoms with Gasteiger partial charge in [-0.15, -0.1) is 0 Å². The highest BCUT2D eigenvalue weighted by Crippen LogP contribution is 2.31. The van der Waals surface area contributed by atoms with Crippen molar-refractivity contribution in [2.45, 2.75) is 19.8 Å². The van der Waals surface area contributed by atoms with E-state index in [1.54, 1.807) is 35.2 Å². The molecule has 0 saturated carbocycles. The highest BCUT2D eigenvalue weighted by atomic mass is 16.5. The quantitative estimate of drug-likeness (QED) is 0.745. The van der Waals surface area contributed by atoms with Crippen LogP contribution in [0, 0.1) is 5.92 Å². The number of fused-ring (bicyclic) bond motifs is 1. The summed E-state index contributed by atoms with van der Waals surface area (Å²) in [6.07, 6.45) is 1.05. The van der Waals surface area contributed by atoms with Gasteiger partial charge in [0.05, 0.1) is 23.4 Å². The predicted molar refractivity (Wildman–Crippen MR) is 113 cm³/mol. The number of rotatable bonds is 5. The first-order valence-electron chi connectivity index (χ1n) is 10.2. The minimum Gasteiger partial charge on any atom is -0.494 e. The van der Waals surface area contributed by atoms with Crippen molar-refractivity contribution in [1.29, 1.82) is 0 Å². The molecule has 2 aromatic rings. The number of imide groups is 1. The molecule has 2 heterocycles. The van der Waals surface area contributed by atoms with Gasteiger partial charge in [-0.3, -0.25) is 19.2 Å². The second-order valence-corrected chi connectivity index (χ2v) is 7.60. The molecule has 0 atom stereocenters. The Morgan fingerprint density at radius 1 is 1.00 bits per heavy atom. The third-order valence-electron chi connectivity index (χ3n) is 5.72. The fourth-order valence-electron chi connectivity index (χ4n) is 4.02. The average molecular weight is 421 g/mol. The van der Waals surface area contributed by atoms with Crippen molar-refractivity contribution in [3.8, 4) is 5.75 Å². The highest BCUT2D eigenvalue weighted by molar-refractivity contribution is 6.34. The lowest BCUT2D eigenvalue weighted by atomic mass is 9.95. The number of hydrogen-bond acceptors (Lipinski definition) is 5. The highest BCUT2D eigenvalue weighted by Gasteiger charge is 2.37. The molecule has 0 unspecified atom stereocenters. The molecule has 0 aromatic heterocycles. The monoisotopic (exact) mass is 421 g/mol. The first-order valence-corrected chi connectivity index (χ1v) is 10.2. The van der Waals surface area contributed by atoms with Crippen LogP contribution in [0.5, 0.6) is 5.75 Å². The van der Waals surface area contributed by atoms with Gasteiger partial charge in [0.25, 0.3) is 17.7 Å². The zero-order chi connectivity index (χ0) is 22.1. The van der Waals surface area contributed by atoms with Crippen molar-refractivity contribution >= 4 is 29.3 Å². The van der Waals surface area contributed by atoms with Gasteiger partial charge in [0.2, 0.25) is 5.91 Å². The lowest BCUT2D eigenvalue weighted by Crippen LogP contribution is -2.41. The van der Waals surface area contributed by atoms with Gasteiger partial charge < -0.3 is 15.4 Å². The maximum atomic E-state index is 13.0. The third-order valence-corrected chi connectivity index (χ3v) is 5.72. The molecule has 4 rings (SSSR count). The Morgan fingerprint density at radius 3 is 2.26 bits per heavy atom. The number of ether oxygens (including phenoxy) is 1. The third kappa shape index (κ3) is 3.76. The molecule has 31 heavy (non-hydrogen) atoms. The number of piperidine rings is 1. The Morgan fingerprint density at radius 2 is 1.65 bits per heavy atom. The number of carbonyl (C=O) groups excluding carboxylic acids is 4. The van der Waals surface area contributed by atoms with Gasteiger partial charge in [-0.05, 0) is 62.2 Å². The van der Waals surface area contributed by atoms with Crippen LogP contribution in [0.25, 0.3) is 0 Å². The van der Waals surface area contributed by atoms with Crippen LogP contribution >= 0.6 is 0 Å². The minimum absolute atomic E-state index is 0.205. The van der Waals surface area contributed by atoms with Crippen LogP contribution in [0.4, 0.5) is 5.69 Å². The Bertz CT molecular complexity index is 1060. The molecule has 0 radical (unpaired) electrons. The van der Waals surface area contributed by atoms with Crippen molar-refractivity contribution in [3.05, 3.63) is 59.2 Å². The zero-order valence-corrected chi connectivity index (χ0v) is 17.2. The van der Waals surface area contributed by atoms with Gasteiger partial charge in [0, 0.05) is 24.6 Å². The molecule has 2 aliphatic rings. The normalized spacial score (nSPS) is 16.4. The Kier molecular flexibility index (Phi) is 5.46. The summed E-state index contributed by atoms with van der Waals surface area (Å²) in [5.41, 5.74) is 6.60. The molecule has 1 saturated heterocycles. The van der Waals surface area contributed by atoms with E-state index in [4.69, 9.17) is 10.5 Å². The maximum Gasteiger partial charge on any atom is 0.266 e. The van der Waals surface area contributed by atoms with E-state index in [0.29, 0.717) is 49.5 Å². The lowest BCUT2D eigenvalue weighted by molar-refractivity contribution is -0.123. The number of benzene rings is 2. The van der Waals surface area contributed by atoms with E-state index in [2.05, 4.69) is 0 Å². The largest absolute Gasteiger partial charge is 0.494 e. The van der Waals surface area contributed by atoms with Crippen molar-refractivity contribution in [1.82, 2.24) is 4.90 Å². The Hall–Kier alpha value is -3.68. The van der Waals surface area contributed by atoms with Gasteiger partial charge in [0.1, 0.15) is 5.75 Å². The fraction of sp³-hybridized carbons (Fsp3) is 0.304. The van der Waals surface area contributed by atoms with Gasteiger partial charge in [-0.1, -0.05) is 0 Å². The summed E-state index contributed by atoms with van der Waals surface area (Å²) in [5.74, 6) is -1.04. The molecule has 160 valence electrons. The van der Waals surface area contributed by atoms with Crippen molar-refractivity contribution in [2.75, 3.05) is 24.6 Å². The second-order valence-electron chi connectivity index (χ2n) is 7.60. The fourth-order valence-corrected chi connectivity index (χ4v) is 4.02. The molecular formula is C23H23N3O5. The Balaban J connectivity index is 1.54. The van der Waals surface area contributed by atoms with Crippen LogP contribution in [0.15, 0.2) is 42.5 Å². The summed E-state index contributed by atoms with van der Waals surface area (Å²) in [6.45, 7) is 3.24. The van der Waals surface area contributed by atoms with Crippen LogP contribution in [0.2, 0.25) is 0 Å². The number of anilines is 1. The van der Waals surface area contributed by atoms with E-state index >= 15 is 0 Å². The second kappa shape index (κ2) is 8.22. The predicted octanol–water partition coefficient (Wildman–Crippen LogP) is 2.22. The van der Waals surface area contributed by atoms with Crippen molar-refractivity contribution < 1.29 is 23.9 Å². The summed E-state index contributed by atoms with van der Waals surface area (Å²) in [7, 11) is 0. The number of nitrogens with zero attached hydrogens (tertiary/aromatic N) is 2. The van der Waals surface area contributed by atoms with E-state index in [0.717, 1.165) is 4.90 Å². The van der Waals surface area contributed by atoms with E-state index in [1.807, 2.05) is 6.92 Å². The smallest absolute Gasteiger partial charge is 0.266 e. The number of hydrogen-bond donors (Lipinski definition) is 1. The van der Waals surface area contributed by atoms with Crippen LogP contribution in [0.3, 0.4) is 0 Å². The molecule has 2 aromatic carbocycles. The van der Waals surface area contributed by atoms with E-state index < -0.39 is 11.8 Å². The number of primary amides is 1. The van der Waals surface area contributed by atoms with Crippen LogP contribution in [-0.2, 0) is 4.79 Å². The van der Waals surface area contributed by atoms with Crippen molar-refractivity contribution in [2.24, 2.45) is 11.7 Å². The SMILES string of the molecule is CCOc1ccc(N2C(=O)c3ccc(C(=O)N4CCC(C(N)=O)CC4)cc3C2=O)cc1. The molecule has 0 aliphatic carbocycles. The standard InChI is InChI=1S/C23H23N3O5/c1-2-31-17-6-4-16(5-7-17)26-22(29)18-8-3-15(13-19(18)23(26)30)21(28)25-11-9-14(10-12-25)20(24)27/h3-8,13-14H,2,9-12H2,1H3,(H2,24,27). The van der Waals surface area contributed by atoms with Gasteiger partial charge in [0.15, 0.2) is 0 Å². The van der Waals surface area contributed by atoms with E-state index in [1.165, 1.54) is 12.1 Å². The molecule has 8 nitrogen and oxygen atoms in total. The topological polar surface area (TPSA) is 110 Å². The molecule has 2 N–H and O–H groups in total. The summed E-state index contributed by atoms with van der Waals surface area (Å²) in [5, 5.41) is 0. The molecule has 0 bridgehead atoms. The molecule has 0 spiro atoms. The molecular weight excluding hydrogens is 398 g/mol. The van der Waals surface area contributed by atoms with Gasteiger partial charge >= 0.3 is 0 Å². The van der Waals surface area contributed by atoms with Gasteiger partial charge in [-0.2, -0.15) is 0 Å². The molecule has 8 heteroatoms. The van der Waals surface area contributed by atoms with Gasteiger partial charge in [-0.25, -0.2) is 4.90 Å². The maximum absolute atomic E-state index is 13.0. The Labute approximate surface area is 179 Å². The number of nitrogens with two attached hydrogens (primary N) is 1. The summed E-state index contributed by atoms with van der Waals surface area (Å²) < 4.78 is 5.40. The van der Waals surface area contributed by atoms with Crippen molar-refractivity contribution in [3.63, 3.8) is 0 Å². The summed E-state index contributed by atoms with van der Waals surface area (Å²) in [4.78, 5) is 52.8. The first kappa shape index (κ1) is 20.6. The minimum atomic E-state index is -0.466. The average Bonchev–Trinajstić information content (AvgIpc) is 3.03. The lowest BCUT2D eigenvalue weighted by Gasteiger charge is -2.30. The number of amides is 4. The molecule has 1 fully saturated rings. The van der Waals surface area contributed by atoms with E-state index in [9.17, 15) is 19.2 Å². The van der Waals surface area contributed by atoms with Crippen LogP contribution in [0.1, 0.15) is 50.8 Å². The van der Waals surface area contributed by atoms with Crippen LogP contribution in [-0.4, -0.2) is 48.2 Å². The summed E-state index contributed by atoms with van der Waals surface area (Å²) in [6, 6.07) is 11.3. The van der Waals surface area contributed by atoms with E-state index in [-0.39, 0.29) is 28.9 Å². The zero-order valence-electron chi connectivity index (χ0n) is 17.2. The van der Waals surface area contributed by atoms with Crippen LogP contribution < -0.4 is 15.4 Å². The molecule has 4 amide bonds. The molecule has 2 aliphatic heterocycles.